The largest absolute Gasteiger partial charge is 0.369 e. The fourth-order valence-corrected chi connectivity index (χ4v) is 5.14. The summed E-state index contributed by atoms with van der Waals surface area (Å²) in [6.07, 6.45) is 6.64. The Morgan fingerprint density at radius 2 is 1.63 bits per heavy atom. The summed E-state index contributed by atoms with van der Waals surface area (Å²) < 4.78 is 0. The number of likely N-dealkylation sites (tertiary alicyclic amines) is 1. The molecule has 2 aliphatic heterocycles. The Morgan fingerprint density at radius 1 is 0.943 bits per heavy atom. The molecule has 35 heavy (non-hydrogen) atoms. The van der Waals surface area contributed by atoms with Crippen LogP contribution >= 0.6 is 0 Å². The Hall–Kier alpha value is -3.61. The molecule has 3 heterocycles. The lowest BCUT2D eigenvalue weighted by Crippen LogP contribution is -2.40. The number of benzene rings is 2. The van der Waals surface area contributed by atoms with Crippen molar-refractivity contribution in [1.82, 2.24) is 14.9 Å². The van der Waals surface area contributed by atoms with E-state index in [0.29, 0.717) is 12.0 Å². The first-order valence-corrected chi connectivity index (χ1v) is 12.5. The minimum absolute atomic E-state index is 0.00849. The number of amides is 2. The van der Waals surface area contributed by atoms with Crippen LogP contribution in [0.25, 0.3) is 0 Å². The van der Waals surface area contributed by atoms with Gasteiger partial charge in [0.05, 0.1) is 6.04 Å². The molecule has 1 unspecified atom stereocenters. The van der Waals surface area contributed by atoms with Gasteiger partial charge in [0.25, 0.3) is 0 Å². The zero-order chi connectivity index (χ0) is 24.2. The van der Waals surface area contributed by atoms with Crippen LogP contribution in [0.1, 0.15) is 36.3 Å². The number of piperidine rings is 1. The quantitative estimate of drug-likeness (QED) is 0.574. The van der Waals surface area contributed by atoms with Crippen LogP contribution in [0, 0.1) is 6.92 Å². The van der Waals surface area contributed by atoms with E-state index in [4.69, 9.17) is 0 Å². The van der Waals surface area contributed by atoms with Crippen LogP contribution in [0.15, 0.2) is 67.0 Å². The minimum Gasteiger partial charge on any atom is -0.369 e. The molecular weight excluding hydrogens is 436 g/mol. The molecule has 2 aliphatic rings. The highest BCUT2D eigenvalue weighted by Crippen LogP contribution is 2.29. The van der Waals surface area contributed by atoms with Crippen LogP contribution in [0.5, 0.6) is 0 Å². The zero-order valence-electron chi connectivity index (χ0n) is 20.6. The molecule has 2 aromatic carbocycles. The van der Waals surface area contributed by atoms with Crippen LogP contribution in [-0.4, -0.2) is 60.2 Å². The molecular formula is C28H34N6O. The van der Waals surface area contributed by atoms with Gasteiger partial charge < -0.3 is 20.0 Å². The number of nitrogens with one attached hydrogen (secondary N) is 1. The van der Waals surface area contributed by atoms with Gasteiger partial charge in [0, 0.05) is 57.0 Å². The van der Waals surface area contributed by atoms with Gasteiger partial charge in [0.2, 0.25) is 5.95 Å². The fourth-order valence-electron chi connectivity index (χ4n) is 5.14. The lowest BCUT2D eigenvalue weighted by molar-refractivity contribution is 0.194. The van der Waals surface area contributed by atoms with Crippen molar-refractivity contribution in [3.05, 3.63) is 78.1 Å². The summed E-state index contributed by atoms with van der Waals surface area (Å²) in [7, 11) is 2.06. The summed E-state index contributed by atoms with van der Waals surface area (Å²) in [4.78, 5) is 28.1. The van der Waals surface area contributed by atoms with Gasteiger partial charge in [-0.3, -0.25) is 0 Å². The number of anilines is 3. The van der Waals surface area contributed by atoms with E-state index in [9.17, 15) is 4.79 Å². The van der Waals surface area contributed by atoms with Crippen molar-refractivity contribution in [2.75, 3.05) is 48.3 Å². The molecule has 2 saturated heterocycles. The second-order valence-corrected chi connectivity index (χ2v) is 9.70. The van der Waals surface area contributed by atoms with Gasteiger partial charge in [0.15, 0.2) is 0 Å². The Morgan fingerprint density at radius 3 is 2.31 bits per heavy atom. The average Bonchev–Trinajstić information content (AvgIpc) is 3.40. The lowest BCUT2D eigenvalue weighted by atomic mass is 9.89. The highest BCUT2D eigenvalue weighted by molar-refractivity contribution is 5.89. The predicted molar refractivity (Wildman–Crippen MR) is 141 cm³/mol. The van der Waals surface area contributed by atoms with Crippen LogP contribution < -0.4 is 15.1 Å². The van der Waals surface area contributed by atoms with Crippen LogP contribution in [0.3, 0.4) is 0 Å². The van der Waals surface area contributed by atoms with Crippen molar-refractivity contribution >= 4 is 23.4 Å². The Bertz CT molecular complexity index is 1110. The summed E-state index contributed by atoms with van der Waals surface area (Å²) >= 11 is 0. The number of carbonyl (C=O) groups is 1. The van der Waals surface area contributed by atoms with E-state index in [2.05, 4.69) is 75.5 Å². The van der Waals surface area contributed by atoms with Crippen molar-refractivity contribution in [2.24, 2.45) is 0 Å². The van der Waals surface area contributed by atoms with E-state index in [0.717, 1.165) is 57.1 Å². The first-order chi connectivity index (χ1) is 17.1. The summed E-state index contributed by atoms with van der Waals surface area (Å²) in [6, 6.07) is 19.2. The third-order valence-electron chi connectivity index (χ3n) is 7.39. The first kappa shape index (κ1) is 23.1. The molecule has 0 aliphatic carbocycles. The van der Waals surface area contributed by atoms with Gasteiger partial charge in [-0.1, -0.05) is 29.8 Å². The SMILES string of the molecule is Cc1ccc(C2CCN(C(=O)Nc3ccc(N4CCC(N(C)c5ncccn5)C4)cc3)CC2)cc1. The van der Waals surface area contributed by atoms with Gasteiger partial charge in [-0.2, -0.15) is 0 Å². The van der Waals surface area contributed by atoms with Gasteiger partial charge in [0.1, 0.15) is 0 Å². The van der Waals surface area contributed by atoms with Crippen molar-refractivity contribution in [3.63, 3.8) is 0 Å². The number of nitrogens with zero attached hydrogens (tertiary/aromatic N) is 5. The van der Waals surface area contributed by atoms with Crippen LogP contribution in [0.2, 0.25) is 0 Å². The lowest BCUT2D eigenvalue weighted by Gasteiger charge is -2.32. The molecule has 1 N–H and O–H groups in total. The topological polar surface area (TPSA) is 64.6 Å². The van der Waals surface area contributed by atoms with Crippen molar-refractivity contribution in [3.8, 4) is 0 Å². The highest BCUT2D eigenvalue weighted by Gasteiger charge is 2.27. The van der Waals surface area contributed by atoms with Gasteiger partial charge >= 0.3 is 6.03 Å². The normalized spacial score (nSPS) is 18.5. The average molecular weight is 471 g/mol. The highest BCUT2D eigenvalue weighted by atomic mass is 16.2. The van der Waals surface area contributed by atoms with Crippen molar-refractivity contribution in [1.29, 1.82) is 0 Å². The maximum Gasteiger partial charge on any atom is 0.321 e. The predicted octanol–water partition coefficient (Wildman–Crippen LogP) is 4.91. The minimum atomic E-state index is -0.00849. The third kappa shape index (κ3) is 5.39. The van der Waals surface area contributed by atoms with E-state index in [1.807, 2.05) is 23.1 Å². The Kier molecular flexibility index (Phi) is 6.84. The second-order valence-electron chi connectivity index (χ2n) is 9.70. The number of urea groups is 1. The molecule has 7 heteroatoms. The molecule has 2 fully saturated rings. The molecule has 0 bridgehead atoms. The molecule has 2 amide bonds. The standard InChI is InChI=1S/C28H34N6O/c1-21-4-6-22(7-5-21)23-12-17-33(18-13-23)28(35)31-24-8-10-25(11-9-24)34-19-14-26(20-34)32(2)27-29-15-3-16-30-27/h3-11,15-16,23,26H,12-14,17-20H2,1-2H3,(H,31,35). The number of rotatable bonds is 5. The number of likely N-dealkylation sites (N-methyl/N-ethyl adjacent to an activating group) is 1. The van der Waals surface area contributed by atoms with E-state index in [1.165, 1.54) is 16.8 Å². The second kappa shape index (κ2) is 10.3. The number of hydrogen-bond acceptors (Lipinski definition) is 5. The van der Waals surface area contributed by atoms with E-state index < -0.39 is 0 Å². The molecule has 7 nitrogen and oxygen atoms in total. The monoisotopic (exact) mass is 470 g/mol. The number of carbonyl (C=O) groups excluding carboxylic acids is 1. The summed E-state index contributed by atoms with van der Waals surface area (Å²) in [6.45, 7) is 5.61. The third-order valence-corrected chi connectivity index (χ3v) is 7.39. The maximum atomic E-state index is 12.8. The molecule has 5 rings (SSSR count). The zero-order valence-corrected chi connectivity index (χ0v) is 20.6. The van der Waals surface area contributed by atoms with E-state index >= 15 is 0 Å². The van der Waals surface area contributed by atoms with Crippen LogP contribution in [-0.2, 0) is 0 Å². The Labute approximate surface area is 207 Å². The smallest absolute Gasteiger partial charge is 0.321 e. The summed E-state index contributed by atoms with van der Waals surface area (Å²) in [5.74, 6) is 1.30. The van der Waals surface area contributed by atoms with E-state index in [1.54, 1.807) is 12.4 Å². The number of hydrogen-bond donors (Lipinski definition) is 1. The van der Waals surface area contributed by atoms with Crippen LogP contribution in [0.4, 0.5) is 22.1 Å². The molecule has 0 saturated carbocycles. The van der Waals surface area contributed by atoms with Gasteiger partial charge in [-0.05, 0) is 68.0 Å². The summed E-state index contributed by atoms with van der Waals surface area (Å²) in [5.41, 5.74) is 4.69. The fraction of sp³-hybridized carbons (Fsp3) is 0.393. The molecule has 3 aromatic rings. The maximum absolute atomic E-state index is 12.8. The number of aromatic nitrogens is 2. The van der Waals surface area contributed by atoms with Crippen molar-refractivity contribution < 1.29 is 4.79 Å². The molecule has 182 valence electrons. The Balaban J connectivity index is 1.11. The van der Waals surface area contributed by atoms with Crippen molar-refractivity contribution in [2.45, 2.75) is 38.1 Å². The molecule has 0 radical (unpaired) electrons. The van der Waals surface area contributed by atoms with Gasteiger partial charge in [-0.25, -0.2) is 14.8 Å². The number of aryl methyl sites for hydroxylation is 1. The van der Waals surface area contributed by atoms with Gasteiger partial charge in [-0.15, -0.1) is 0 Å². The summed E-state index contributed by atoms with van der Waals surface area (Å²) in [5, 5.41) is 3.08. The molecule has 1 aromatic heterocycles. The first-order valence-electron chi connectivity index (χ1n) is 12.5. The van der Waals surface area contributed by atoms with E-state index in [-0.39, 0.29) is 6.03 Å². The molecule has 1 atom stereocenters. The molecule has 0 spiro atoms.